The smallest absolute Gasteiger partial charge is 0.403 e. The van der Waals surface area contributed by atoms with Crippen molar-refractivity contribution in [2.45, 2.75) is 69.9 Å². The Morgan fingerprint density at radius 1 is 1.10 bits per heavy atom. The zero-order chi connectivity index (χ0) is 29.3. The van der Waals surface area contributed by atoms with Gasteiger partial charge in [-0.15, -0.1) is 13.2 Å². The molecule has 0 saturated carbocycles. The Balaban J connectivity index is 1.48. The predicted molar refractivity (Wildman–Crippen MR) is 148 cm³/mol. The van der Waals surface area contributed by atoms with E-state index in [-0.39, 0.29) is 29.6 Å². The summed E-state index contributed by atoms with van der Waals surface area (Å²) in [4.78, 5) is 9.58. The lowest BCUT2D eigenvalue weighted by atomic mass is 10.0. The van der Waals surface area contributed by atoms with Crippen molar-refractivity contribution in [3.63, 3.8) is 0 Å². The summed E-state index contributed by atoms with van der Waals surface area (Å²) in [5.41, 5.74) is 20.7. The van der Waals surface area contributed by atoms with Crippen LogP contribution in [-0.4, -0.2) is 36.4 Å². The number of epoxide rings is 1. The van der Waals surface area contributed by atoms with E-state index < -0.39 is 24.2 Å². The van der Waals surface area contributed by atoms with Gasteiger partial charge in [-0.3, -0.25) is 0 Å². The summed E-state index contributed by atoms with van der Waals surface area (Å²) in [6.07, 6.45) is -0.641. The largest absolute Gasteiger partial charge is 0.573 e. The van der Waals surface area contributed by atoms with Crippen molar-refractivity contribution in [3.05, 3.63) is 70.1 Å². The number of halogens is 4. The number of nitrogens with two attached hydrogens (primary N) is 3. The molecule has 41 heavy (non-hydrogen) atoms. The van der Waals surface area contributed by atoms with Gasteiger partial charge < -0.3 is 36.6 Å². The van der Waals surface area contributed by atoms with Crippen LogP contribution in [0.3, 0.4) is 0 Å². The Hall–Kier alpha value is -3.45. The van der Waals surface area contributed by atoms with E-state index in [9.17, 15) is 13.2 Å². The van der Waals surface area contributed by atoms with Crippen LogP contribution in [0.1, 0.15) is 49.8 Å². The van der Waals surface area contributed by atoms with Gasteiger partial charge in [0.2, 0.25) is 0 Å². The van der Waals surface area contributed by atoms with Crippen LogP contribution in [0.5, 0.6) is 5.75 Å². The minimum atomic E-state index is -5.04. The molecule has 1 aromatic heterocycles. The highest BCUT2D eigenvalue weighted by Gasteiger charge is 2.44. The fourth-order valence-corrected chi connectivity index (χ4v) is 5.00. The Labute approximate surface area is 234 Å². The van der Waals surface area contributed by atoms with Gasteiger partial charge in [0.15, 0.2) is 24.0 Å². The first-order valence-electron chi connectivity index (χ1n) is 13.6. The molecule has 1 saturated heterocycles. The van der Waals surface area contributed by atoms with E-state index in [2.05, 4.69) is 14.7 Å². The molecule has 0 radical (unpaired) electrons. The second-order valence-corrected chi connectivity index (χ2v) is 10.6. The molecule has 2 aliphatic heterocycles. The molecule has 3 heterocycles. The van der Waals surface area contributed by atoms with Crippen LogP contribution in [0, 0.1) is 5.82 Å². The molecule has 2 aliphatic rings. The molecule has 5 rings (SSSR count). The molecule has 1 fully saturated rings. The molecule has 0 spiro atoms. The summed E-state index contributed by atoms with van der Waals surface area (Å²) < 4.78 is 64.5. The lowest BCUT2D eigenvalue weighted by Gasteiger charge is -2.19. The van der Waals surface area contributed by atoms with E-state index in [4.69, 9.17) is 21.9 Å². The lowest BCUT2D eigenvalue weighted by molar-refractivity contribution is -0.275. The Bertz CT molecular complexity index is 1490. The minimum absolute atomic E-state index is 0.0464. The average Bonchev–Trinajstić information content (AvgIpc) is 3.59. The van der Waals surface area contributed by atoms with Crippen LogP contribution in [-0.2, 0) is 11.2 Å². The number of rotatable bonds is 11. The Morgan fingerprint density at radius 2 is 1.85 bits per heavy atom. The molecule has 0 aliphatic carbocycles. The van der Waals surface area contributed by atoms with Gasteiger partial charge in [0, 0.05) is 34.8 Å². The third-order valence-electron chi connectivity index (χ3n) is 7.16. The summed E-state index contributed by atoms with van der Waals surface area (Å²) in [7, 11) is 0. The highest BCUT2D eigenvalue weighted by Crippen LogP contribution is 2.35. The van der Waals surface area contributed by atoms with Crippen molar-refractivity contribution in [2.24, 2.45) is 22.2 Å². The summed E-state index contributed by atoms with van der Waals surface area (Å²) in [5.74, 6) is -2.00. The van der Waals surface area contributed by atoms with E-state index >= 15 is 4.39 Å². The van der Waals surface area contributed by atoms with E-state index in [0.717, 1.165) is 30.2 Å². The van der Waals surface area contributed by atoms with Crippen LogP contribution in [0.25, 0.3) is 17.5 Å². The van der Waals surface area contributed by atoms with Gasteiger partial charge in [0.05, 0.1) is 5.69 Å². The lowest BCUT2D eigenvalue weighted by Crippen LogP contribution is -2.27. The van der Waals surface area contributed by atoms with Crippen molar-refractivity contribution in [1.29, 1.82) is 0 Å². The molecule has 4 atom stereocenters. The topological polar surface area (TPSA) is 131 Å². The molecule has 7 N–H and O–H groups in total. The molecular weight excluding hydrogens is 540 g/mol. The van der Waals surface area contributed by atoms with Crippen LogP contribution < -0.4 is 37.5 Å². The Morgan fingerprint density at radius 3 is 2.54 bits per heavy atom. The highest BCUT2D eigenvalue weighted by atomic mass is 19.4. The van der Waals surface area contributed by atoms with Gasteiger partial charge in [0.1, 0.15) is 5.49 Å². The van der Waals surface area contributed by atoms with Crippen LogP contribution in [0.4, 0.5) is 23.2 Å². The zero-order valence-corrected chi connectivity index (χ0v) is 22.6. The van der Waals surface area contributed by atoms with E-state index in [0.29, 0.717) is 42.1 Å². The van der Waals surface area contributed by atoms with E-state index in [1.54, 1.807) is 6.07 Å². The van der Waals surface area contributed by atoms with Crippen molar-refractivity contribution >= 4 is 11.9 Å². The third kappa shape index (κ3) is 6.89. The number of fused-ring (bicyclic) bond motifs is 2. The van der Waals surface area contributed by atoms with Crippen molar-refractivity contribution in [2.75, 3.05) is 11.4 Å². The number of anilines is 1. The molecule has 220 valence electrons. The van der Waals surface area contributed by atoms with Crippen molar-refractivity contribution < 1.29 is 27.0 Å². The second-order valence-electron chi connectivity index (χ2n) is 10.6. The van der Waals surface area contributed by atoms with Crippen LogP contribution in [0.15, 0.2) is 47.5 Å². The monoisotopic (exact) mass is 574 g/mol. The standard InChI is InChI=1S/C29H34F4N6O2/c1-16(35)4-2-5-17-12-21(25(30)24(13-17)41-29(31,32)33)23-14-19-15-39(28-27(40-28)38-26(19)37-23)20-9-7-18(8-10-20)22(36)6-3-11-34/h7-10,12-16,22,27-28H,2-6,11,34-36H2,1H3,(H,37,38)/t16-,22+,27?,28?/m0/s1. The first kappa shape index (κ1) is 29.1. The molecule has 12 heteroatoms. The average molecular weight is 575 g/mol. The number of alkyl halides is 3. The van der Waals surface area contributed by atoms with Gasteiger partial charge in [-0.2, -0.15) is 0 Å². The quantitative estimate of drug-likeness (QED) is 0.204. The van der Waals surface area contributed by atoms with E-state index in [1.165, 1.54) is 6.07 Å². The second kappa shape index (κ2) is 11.8. The normalized spacial score (nSPS) is 19.4. The maximum atomic E-state index is 15.4. The Kier molecular flexibility index (Phi) is 8.37. The number of nitrogens with one attached hydrogen (secondary N) is 1. The summed E-state index contributed by atoms with van der Waals surface area (Å²) in [6, 6.07) is 11.9. The van der Waals surface area contributed by atoms with Crippen molar-refractivity contribution in [3.8, 4) is 17.0 Å². The van der Waals surface area contributed by atoms with Crippen LogP contribution >= 0.6 is 0 Å². The van der Waals surface area contributed by atoms with E-state index in [1.807, 2.05) is 42.3 Å². The van der Waals surface area contributed by atoms with Gasteiger partial charge in [-0.1, -0.05) is 12.1 Å². The third-order valence-corrected chi connectivity index (χ3v) is 7.16. The summed E-state index contributed by atoms with van der Waals surface area (Å²) in [6.45, 7) is 2.43. The van der Waals surface area contributed by atoms with Gasteiger partial charge in [-0.25, -0.2) is 9.38 Å². The molecule has 2 aromatic carbocycles. The fourth-order valence-electron chi connectivity index (χ4n) is 5.00. The maximum absolute atomic E-state index is 15.4. The molecule has 2 unspecified atom stereocenters. The number of hydrogen-bond acceptors (Lipinski definition) is 7. The zero-order valence-electron chi connectivity index (χ0n) is 22.6. The number of H-pyrrole nitrogens is 1. The minimum Gasteiger partial charge on any atom is -0.403 e. The maximum Gasteiger partial charge on any atom is 0.573 e. The highest BCUT2D eigenvalue weighted by molar-refractivity contribution is 5.67. The van der Waals surface area contributed by atoms with Gasteiger partial charge in [-0.05, 0) is 87.0 Å². The number of aromatic nitrogens is 1. The molecule has 0 bridgehead atoms. The first-order valence-corrected chi connectivity index (χ1v) is 13.6. The number of ether oxygens (including phenoxy) is 2. The number of benzene rings is 2. The molecule has 0 amide bonds. The number of aryl methyl sites for hydroxylation is 1. The van der Waals surface area contributed by atoms with Gasteiger partial charge >= 0.3 is 6.36 Å². The summed E-state index contributed by atoms with van der Waals surface area (Å²) in [5, 5.41) is 0.638. The number of nitrogens with zero attached hydrogens (tertiary/aromatic N) is 2. The number of hydrogen-bond donors (Lipinski definition) is 4. The molecule has 3 aromatic rings. The molecule has 8 nitrogen and oxygen atoms in total. The van der Waals surface area contributed by atoms with Crippen LogP contribution in [0.2, 0.25) is 0 Å². The SMILES string of the molecule is C[C@H](N)CCCc1cc(OC(F)(F)F)c(F)c(-c2cc3c([nH]2)=NC2OC2N(c2ccc([C@H](N)CCCN)cc2)C=3)c1. The summed E-state index contributed by atoms with van der Waals surface area (Å²) >= 11 is 0. The predicted octanol–water partition coefficient (Wildman–Crippen LogP) is 3.69. The molecular formula is C29H34F4N6O2. The van der Waals surface area contributed by atoms with Crippen molar-refractivity contribution in [1.82, 2.24) is 4.98 Å². The van der Waals surface area contributed by atoms with Gasteiger partial charge in [0.25, 0.3) is 0 Å². The fraction of sp³-hybridized carbons (Fsp3) is 0.414. The number of aromatic amines is 1. The first-order chi connectivity index (χ1) is 19.5.